The normalized spacial score (nSPS) is 18.1. The van der Waals surface area contributed by atoms with Crippen molar-refractivity contribution in [3.63, 3.8) is 0 Å². The molecule has 0 radical (unpaired) electrons. The smallest absolute Gasteiger partial charge is 0.176 e. The molecule has 0 aliphatic heterocycles. The molecule has 4 nitrogen and oxygen atoms in total. The van der Waals surface area contributed by atoms with Crippen molar-refractivity contribution >= 4 is 16.5 Å². The Morgan fingerprint density at radius 3 is 2.79 bits per heavy atom. The number of fused-ring (bicyclic) bond motifs is 1. The van der Waals surface area contributed by atoms with Gasteiger partial charge in [0, 0.05) is 11.0 Å². The van der Waals surface area contributed by atoms with Crippen LogP contribution in [0.4, 0.5) is 0 Å². The van der Waals surface area contributed by atoms with Gasteiger partial charge in [0.25, 0.3) is 0 Å². The molecule has 2 N–H and O–H groups in total. The van der Waals surface area contributed by atoms with E-state index in [0.717, 1.165) is 16.5 Å². The summed E-state index contributed by atoms with van der Waals surface area (Å²) in [6, 6.07) is 5.44. The van der Waals surface area contributed by atoms with Crippen LogP contribution in [0.2, 0.25) is 0 Å². The van der Waals surface area contributed by atoms with Gasteiger partial charge in [-0.3, -0.25) is 0 Å². The average Bonchev–Trinajstić information content (AvgIpc) is 3.02. The van der Waals surface area contributed by atoms with Crippen LogP contribution < -0.4 is 4.74 Å². The number of methoxy groups -OCH3 is 1. The molecule has 4 heteroatoms. The molecular formula is C15H14O4. The van der Waals surface area contributed by atoms with E-state index in [1.54, 1.807) is 25.3 Å². The van der Waals surface area contributed by atoms with Gasteiger partial charge in [0.05, 0.1) is 13.7 Å². The molecule has 0 spiro atoms. The predicted molar refractivity (Wildman–Crippen MR) is 71.8 cm³/mol. The van der Waals surface area contributed by atoms with E-state index in [9.17, 15) is 10.2 Å². The lowest BCUT2D eigenvalue weighted by atomic mass is 10.1. The van der Waals surface area contributed by atoms with Crippen LogP contribution in [0, 0.1) is 0 Å². The van der Waals surface area contributed by atoms with Gasteiger partial charge in [-0.25, -0.2) is 0 Å². The molecule has 1 aromatic carbocycles. The lowest BCUT2D eigenvalue weighted by molar-refractivity contribution is 0.280. The molecule has 2 aromatic rings. The number of ether oxygens (including phenoxy) is 1. The van der Waals surface area contributed by atoms with Crippen LogP contribution in [0.25, 0.3) is 16.5 Å². The van der Waals surface area contributed by atoms with Gasteiger partial charge in [-0.1, -0.05) is 18.2 Å². The van der Waals surface area contributed by atoms with Crippen LogP contribution in [-0.2, 0) is 6.61 Å². The van der Waals surface area contributed by atoms with Crippen LogP contribution in [0.5, 0.6) is 5.75 Å². The summed E-state index contributed by atoms with van der Waals surface area (Å²) in [5, 5.41) is 19.9. The van der Waals surface area contributed by atoms with E-state index in [0.29, 0.717) is 17.1 Å². The van der Waals surface area contributed by atoms with Crippen LogP contribution in [0.1, 0.15) is 11.3 Å². The van der Waals surface area contributed by atoms with Crippen molar-refractivity contribution < 1.29 is 19.4 Å². The summed E-state index contributed by atoms with van der Waals surface area (Å²) in [7, 11) is 1.56. The zero-order chi connectivity index (χ0) is 13.4. The van der Waals surface area contributed by atoms with Crippen molar-refractivity contribution in [1.29, 1.82) is 0 Å². The lowest BCUT2D eigenvalue weighted by Gasteiger charge is -2.04. The Kier molecular flexibility index (Phi) is 2.89. The summed E-state index contributed by atoms with van der Waals surface area (Å²) in [4.78, 5) is 0. The third-order valence-corrected chi connectivity index (χ3v) is 3.22. The van der Waals surface area contributed by atoms with E-state index >= 15 is 0 Å². The van der Waals surface area contributed by atoms with E-state index in [4.69, 9.17) is 9.15 Å². The van der Waals surface area contributed by atoms with E-state index in [-0.39, 0.29) is 6.61 Å². The first-order valence-corrected chi connectivity index (χ1v) is 6.01. The maximum absolute atomic E-state index is 9.81. The fraction of sp³-hybridized carbons (Fsp3) is 0.200. The molecular weight excluding hydrogens is 244 g/mol. The Hall–Kier alpha value is -2.04. The molecule has 1 atom stereocenters. The van der Waals surface area contributed by atoms with Crippen molar-refractivity contribution in [2.45, 2.75) is 12.7 Å². The number of furan rings is 1. The second kappa shape index (κ2) is 4.57. The van der Waals surface area contributed by atoms with Gasteiger partial charge in [0.2, 0.25) is 0 Å². The SMILES string of the molecule is COc1cc(CO)cc2cc(C3=CC=CC3O)oc12. The second-order valence-corrected chi connectivity index (χ2v) is 4.44. The van der Waals surface area contributed by atoms with E-state index in [1.165, 1.54) is 0 Å². The van der Waals surface area contributed by atoms with Crippen molar-refractivity contribution in [2.24, 2.45) is 0 Å². The average molecular weight is 258 g/mol. The summed E-state index contributed by atoms with van der Waals surface area (Å²) in [6.45, 7) is -0.0559. The van der Waals surface area contributed by atoms with Gasteiger partial charge < -0.3 is 19.4 Å². The highest BCUT2D eigenvalue weighted by Crippen LogP contribution is 2.35. The van der Waals surface area contributed by atoms with Crippen molar-refractivity contribution in [3.8, 4) is 5.75 Å². The monoisotopic (exact) mass is 258 g/mol. The first kappa shape index (κ1) is 12.0. The van der Waals surface area contributed by atoms with Gasteiger partial charge in [0.1, 0.15) is 11.9 Å². The number of allylic oxidation sites excluding steroid dienone is 2. The molecule has 0 fully saturated rings. The van der Waals surface area contributed by atoms with Crippen LogP contribution in [-0.4, -0.2) is 23.4 Å². The third-order valence-electron chi connectivity index (χ3n) is 3.22. The zero-order valence-electron chi connectivity index (χ0n) is 10.5. The Morgan fingerprint density at radius 2 is 2.16 bits per heavy atom. The first-order valence-electron chi connectivity index (χ1n) is 6.01. The molecule has 98 valence electrons. The Labute approximate surface area is 110 Å². The Bertz CT molecular complexity index is 679. The molecule has 0 saturated carbocycles. The van der Waals surface area contributed by atoms with Gasteiger partial charge in [0.15, 0.2) is 11.3 Å². The minimum Gasteiger partial charge on any atom is -0.493 e. The highest BCUT2D eigenvalue weighted by molar-refractivity contribution is 5.88. The van der Waals surface area contributed by atoms with E-state index in [2.05, 4.69) is 0 Å². The van der Waals surface area contributed by atoms with E-state index in [1.807, 2.05) is 18.2 Å². The molecule has 1 aliphatic carbocycles. The molecule has 1 aromatic heterocycles. The maximum Gasteiger partial charge on any atom is 0.176 e. The maximum atomic E-state index is 9.81. The fourth-order valence-corrected chi connectivity index (χ4v) is 2.26. The largest absolute Gasteiger partial charge is 0.493 e. The second-order valence-electron chi connectivity index (χ2n) is 4.44. The Balaban J connectivity index is 2.15. The first-order chi connectivity index (χ1) is 9.22. The minimum absolute atomic E-state index is 0.0559. The van der Waals surface area contributed by atoms with Crippen molar-refractivity contribution in [1.82, 2.24) is 0 Å². The molecule has 1 heterocycles. The predicted octanol–water partition coefficient (Wildman–Crippen LogP) is 2.25. The summed E-state index contributed by atoms with van der Waals surface area (Å²) in [5.41, 5.74) is 2.11. The minimum atomic E-state index is -0.635. The highest BCUT2D eigenvalue weighted by Gasteiger charge is 2.19. The number of benzene rings is 1. The molecule has 0 saturated heterocycles. The molecule has 0 bridgehead atoms. The van der Waals surface area contributed by atoms with E-state index < -0.39 is 6.10 Å². The summed E-state index contributed by atoms with van der Waals surface area (Å²) in [5.74, 6) is 1.19. The van der Waals surface area contributed by atoms with Crippen molar-refractivity contribution in [2.75, 3.05) is 7.11 Å². The number of aliphatic hydroxyl groups excluding tert-OH is 2. The topological polar surface area (TPSA) is 62.8 Å². The van der Waals surface area contributed by atoms with Crippen LogP contribution >= 0.6 is 0 Å². The zero-order valence-corrected chi connectivity index (χ0v) is 10.5. The third kappa shape index (κ3) is 1.95. The van der Waals surface area contributed by atoms with Gasteiger partial charge in [-0.05, 0) is 23.8 Å². The fourth-order valence-electron chi connectivity index (χ4n) is 2.26. The number of hydrogen-bond acceptors (Lipinski definition) is 4. The quantitative estimate of drug-likeness (QED) is 0.886. The molecule has 19 heavy (non-hydrogen) atoms. The number of aliphatic hydroxyl groups is 2. The number of hydrogen-bond donors (Lipinski definition) is 2. The standard InChI is InChI=1S/C15H14O4/c1-18-14-6-9(8-16)5-10-7-13(19-15(10)14)11-3-2-4-12(11)17/h2-7,12,16-17H,8H2,1H3. The summed E-state index contributed by atoms with van der Waals surface area (Å²) >= 11 is 0. The Morgan fingerprint density at radius 1 is 1.32 bits per heavy atom. The van der Waals surface area contributed by atoms with Gasteiger partial charge in [-0.2, -0.15) is 0 Å². The van der Waals surface area contributed by atoms with Crippen molar-refractivity contribution in [3.05, 3.63) is 47.8 Å². The lowest BCUT2D eigenvalue weighted by Crippen LogP contribution is -2.00. The van der Waals surface area contributed by atoms with Gasteiger partial charge in [-0.15, -0.1) is 0 Å². The molecule has 3 rings (SSSR count). The summed E-state index contributed by atoms with van der Waals surface area (Å²) in [6.07, 6.45) is 4.67. The van der Waals surface area contributed by atoms with Crippen LogP contribution in [0.15, 0.2) is 40.8 Å². The molecule has 1 aliphatic rings. The van der Waals surface area contributed by atoms with Crippen LogP contribution in [0.3, 0.4) is 0 Å². The summed E-state index contributed by atoms with van der Waals surface area (Å²) < 4.78 is 11.0. The molecule has 1 unspecified atom stereocenters. The van der Waals surface area contributed by atoms with Gasteiger partial charge >= 0.3 is 0 Å². The molecule has 0 amide bonds. The highest BCUT2D eigenvalue weighted by atomic mass is 16.5. The number of rotatable bonds is 3.